The van der Waals surface area contributed by atoms with Crippen LogP contribution < -0.4 is 0 Å². The molecule has 43 heavy (non-hydrogen) atoms. The van der Waals surface area contributed by atoms with Gasteiger partial charge in [-0.1, -0.05) is 84.9 Å². The van der Waals surface area contributed by atoms with Crippen LogP contribution >= 0.6 is 0 Å². The molecule has 1 aliphatic heterocycles. The number of carbonyl (C=O) groups excluding carboxylic acids is 1. The van der Waals surface area contributed by atoms with Crippen LogP contribution in [0.25, 0.3) is 38.7 Å². The molecule has 5 heterocycles. The second kappa shape index (κ2) is 9.57. The van der Waals surface area contributed by atoms with Gasteiger partial charge in [-0.05, 0) is 55.3 Å². The molecule has 0 amide bonds. The Balaban J connectivity index is 1.64. The van der Waals surface area contributed by atoms with Crippen molar-refractivity contribution in [1.29, 1.82) is 0 Å². The zero-order valence-electron chi connectivity index (χ0n) is 24.0. The van der Waals surface area contributed by atoms with Crippen molar-refractivity contribution in [2.24, 2.45) is 0 Å². The highest BCUT2D eigenvalue weighted by Crippen LogP contribution is 2.55. The van der Waals surface area contributed by atoms with Gasteiger partial charge in [0, 0.05) is 52.2 Å². The Labute approximate surface area is 249 Å². The summed E-state index contributed by atoms with van der Waals surface area (Å²) in [6.45, 7) is 5.06. The molecule has 0 saturated carbocycles. The second-order valence-electron chi connectivity index (χ2n) is 11.0. The number of nitrogens with zero attached hydrogens (tertiary/aromatic N) is 3. The third-order valence-corrected chi connectivity index (χ3v) is 8.81. The number of ether oxygens (including phenoxy) is 1. The average molecular weight is 560 g/mol. The summed E-state index contributed by atoms with van der Waals surface area (Å²) in [5, 5.41) is 1.04. The number of carbonyl (C=O) groups is 1. The largest absolute Gasteiger partial charge is 0.437 e. The van der Waals surface area contributed by atoms with Crippen molar-refractivity contribution in [3.05, 3.63) is 156 Å². The Hall–Kier alpha value is -5.42. The Morgan fingerprint density at radius 2 is 1.40 bits per heavy atom. The fourth-order valence-electron chi connectivity index (χ4n) is 7.16. The monoisotopic (exact) mass is 559 g/mol. The molecule has 0 bridgehead atoms. The van der Waals surface area contributed by atoms with Gasteiger partial charge in [-0.3, -0.25) is 4.98 Å². The molecule has 8 rings (SSSR count). The zero-order chi connectivity index (χ0) is 29.1. The van der Waals surface area contributed by atoms with Crippen molar-refractivity contribution in [3.8, 4) is 22.3 Å². The summed E-state index contributed by atoms with van der Waals surface area (Å²) in [6, 6.07) is 39.2. The normalized spacial score (nSPS) is 16.1. The van der Waals surface area contributed by atoms with E-state index in [0.29, 0.717) is 11.3 Å². The highest BCUT2D eigenvalue weighted by atomic mass is 16.6. The van der Waals surface area contributed by atoms with E-state index in [1.807, 2.05) is 30.3 Å². The first kappa shape index (κ1) is 25.3. The van der Waals surface area contributed by atoms with Crippen molar-refractivity contribution in [2.45, 2.75) is 26.0 Å². The summed E-state index contributed by atoms with van der Waals surface area (Å²) in [5.41, 5.74) is 8.97. The molecule has 4 aromatic heterocycles. The summed E-state index contributed by atoms with van der Waals surface area (Å²) < 4.78 is 11.3. The van der Waals surface area contributed by atoms with Crippen molar-refractivity contribution in [1.82, 2.24) is 14.0 Å². The standard InChI is InChI=1S/C38H29N3O2/c1-3-40-25(2)34(28-19-10-11-21-30(28)40)38(35-29(37(42)43-38)20-14-23-39-35)36-33(27-17-8-5-9-18-27)32(26-15-6-4-7-16-26)31-22-12-13-24-41(31)36/h4-24H,3H2,1-2H3. The van der Waals surface area contributed by atoms with Crippen LogP contribution in [-0.4, -0.2) is 19.9 Å². The molecule has 3 aromatic carbocycles. The van der Waals surface area contributed by atoms with Crippen molar-refractivity contribution in [3.63, 3.8) is 0 Å². The van der Waals surface area contributed by atoms with Crippen LogP contribution in [0.3, 0.4) is 0 Å². The van der Waals surface area contributed by atoms with Gasteiger partial charge >= 0.3 is 5.97 Å². The van der Waals surface area contributed by atoms with Gasteiger partial charge in [0.1, 0.15) is 5.69 Å². The molecule has 0 aliphatic carbocycles. The molecule has 7 aromatic rings. The molecule has 1 atom stereocenters. The van der Waals surface area contributed by atoms with Crippen LogP contribution in [-0.2, 0) is 16.9 Å². The smallest absolute Gasteiger partial charge is 0.341 e. The average Bonchev–Trinajstić information content (AvgIpc) is 3.67. The number of aromatic nitrogens is 3. The fourth-order valence-corrected chi connectivity index (χ4v) is 7.16. The molecule has 0 fully saturated rings. The van der Waals surface area contributed by atoms with Gasteiger partial charge in [0.25, 0.3) is 0 Å². The summed E-state index contributed by atoms with van der Waals surface area (Å²) >= 11 is 0. The molecular formula is C38H29N3O2. The topological polar surface area (TPSA) is 48.5 Å². The van der Waals surface area contributed by atoms with E-state index in [1.165, 1.54) is 0 Å². The molecule has 5 heteroatoms. The maximum atomic E-state index is 13.9. The Kier molecular flexibility index (Phi) is 5.63. The number of rotatable bonds is 5. The maximum absolute atomic E-state index is 13.9. The number of hydrogen-bond donors (Lipinski definition) is 0. The lowest BCUT2D eigenvalue weighted by molar-refractivity contribution is 0.0232. The first-order valence-electron chi connectivity index (χ1n) is 14.7. The van der Waals surface area contributed by atoms with E-state index >= 15 is 0 Å². The van der Waals surface area contributed by atoms with Crippen LogP contribution in [0.2, 0.25) is 0 Å². The minimum atomic E-state index is -1.32. The Morgan fingerprint density at radius 3 is 2.14 bits per heavy atom. The summed E-state index contributed by atoms with van der Waals surface area (Å²) in [5.74, 6) is -0.373. The number of benzene rings is 3. The molecule has 0 spiro atoms. The number of hydrogen-bond acceptors (Lipinski definition) is 3. The van der Waals surface area contributed by atoms with E-state index in [1.54, 1.807) is 6.20 Å². The van der Waals surface area contributed by atoms with Gasteiger partial charge in [-0.15, -0.1) is 0 Å². The lowest BCUT2D eigenvalue weighted by atomic mass is 9.80. The van der Waals surface area contributed by atoms with Crippen molar-refractivity contribution in [2.75, 3.05) is 0 Å². The third kappa shape index (κ3) is 3.45. The van der Waals surface area contributed by atoms with Crippen LogP contribution in [0.4, 0.5) is 0 Å². The van der Waals surface area contributed by atoms with Gasteiger partial charge in [0.15, 0.2) is 0 Å². The maximum Gasteiger partial charge on any atom is 0.341 e. The quantitative estimate of drug-likeness (QED) is 0.199. The molecule has 0 N–H and O–H groups in total. The molecule has 5 nitrogen and oxygen atoms in total. The third-order valence-electron chi connectivity index (χ3n) is 8.81. The lowest BCUT2D eigenvalue weighted by Gasteiger charge is -2.31. The molecule has 1 aliphatic rings. The number of aryl methyl sites for hydroxylation is 1. The van der Waals surface area contributed by atoms with Crippen LogP contribution in [0.5, 0.6) is 0 Å². The molecule has 0 saturated heterocycles. The van der Waals surface area contributed by atoms with Gasteiger partial charge in [0.2, 0.25) is 5.60 Å². The van der Waals surface area contributed by atoms with Gasteiger partial charge < -0.3 is 13.7 Å². The second-order valence-corrected chi connectivity index (χ2v) is 11.0. The van der Waals surface area contributed by atoms with E-state index in [2.05, 4.69) is 114 Å². The summed E-state index contributed by atoms with van der Waals surface area (Å²) in [4.78, 5) is 18.9. The van der Waals surface area contributed by atoms with Gasteiger partial charge in [-0.25, -0.2) is 4.79 Å². The minimum Gasteiger partial charge on any atom is -0.437 e. The van der Waals surface area contributed by atoms with Crippen LogP contribution in [0.1, 0.15) is 39.9 Å². The highest BCUT2D eigenvalue weighted by molar-refractivity contribution is 6.02. The first-order valence-corrected chi connectivity index (χ1v) is 14.7. The number of para-hydroxylation sites is 1. The van der Waals surface area contributed by atoms with E-state index in [4.69, 9.17) is 9.72 Å². The van der Waals surface area contributed by atoms with E-state index in [9.17, 15) is 4.79 Å². The van der Waals surface area contributed by atoms with Gasteiger partial charge in [0.05, 0.1) is 16.8 Å². The summed E-state index contributed by atoms with van der Waals surface area (Å²) in [6.07, 6.45) is 3.84. The van der Waals surface area contributed by atoms with E-state index in [0.717, 1.165) is 62.2 Å². The lowest BCUT2D eigenvalue weighted by Crippen LogP contribution is -2.33. The number of cyclic esters (lactones) is 1. The minimum absolute atomic E-state index is 0.373. The fraction of sp³-hybridized carbons (Fsp3) is 0.105. The van der Waals surface area contributed by atoms with E-state index < -0.39 is 5.60 Å². The number of esters is 1. The van der Waals surface area contributed by atoms with Crippen molar-refractivity contribution < 1.29 is 9.53 Å². The predicted molar refractivity (Wildman–Crippen MR) is 170 cm³/mol. The molecule has 0 radical (unpaired) electrons. The molecule has 208 valence electrons. The first-order chi connectivity index (χ1) is 21.1. The Bertz CT molecular complexity index is 2180. The number of fused-ring (bicyclic) bond motifs is 3. The zero-order valence-corrected chi connectivity index (χ0v) is 24.0. The Morgan fingerprint density at radius 1 is 0.744 bits per heavy atom. The SMILES string of the molecule is CCn1c(C)c(C2(c3c(-c4ccccc4)c(-c4ccccc4)c4ccccn34)OC(=O)c3cccnc32)c2ccccc21. The number of pyridine rings is 2. The molecule has 1 unspecified atom stereocenters. The van der Waals surface area contributed by atoms with Crippen molar-refractivity contribution >= 4 is 22.4 Å². The van der Waals surface area contributed by atoms with Crippen LogP contribution in [0, 0.1) is 6.92 Å². The predicted octanol–water partition coefficient (Wildman–Crippen LogP) is 8.41. The van der Waals surface area contributed by atoms with Crippen LogP contribution in [0.15, 0.2) is 128 Å². The summed E-state index contributed by atoms with van der Waals surface area (Å²) in [7, 11) is 0. The molecular weight excluding hydrogens is 530 g/mol. The van der Waals surface area contributed by atoms with Gasteiger partial charge in [-0.2, -0.15) is 0 Å². The highest BCUT2D eigenvalue weighted by Gasteiger charge is 2.55. The van der Waals surface area contributed by atoms with E-state index in [-0.39, 0.29) is 5.97 Å².